The molecule has 0 aliphatic carbocycles. The van der Waals surface area contributed by atoms with Crippen molar-refractivity contribution in [3.63, 3.8) is 0 Å². The fraction of sp³-hybridized carbons (Fsp3) is 0.400. The molecule has 0 radical (unpaired) electrons. The van der Waals surface area contributed by atoms with Gasteiger partial charge in [0.1, 0.15) is 5.75 Å². The van der Waals surface area contributed by atoms with Crippen LogP contribution in [0.2, 0.25) is 0 Å². The Kier molecular flexibility index (Phi) is 2.94. The highest BCUT2D eigenvalue weighted by Gasteiger charge is 2.36. The minimum Gasteiger partial charge on any atom is -0.506 e. The molecule has 2 rings (SSSR count). The third kappa shape index (κ3) is 1.95. The Morgan fingerprint density at radius 3 is 2.71 bits per heavy atom. The van der Waals surface area contributed by atoms with Gasteiger partial charge in [-0.25, -0.2) is 8.42 Å². The first kappa shape index (κ1) is 12.1. The summed E-state index contributed by atoms with van der Waals surface area (Å²) in [5.74, 6) is -3.76. The first-order valence-corrected chi connectivity index (χ1v) is 6.55. The van der Waals surface area contributed by atoms with E-state index in [2.05, 4.69) is 0 Å². The normalized spacial score (nSPS) is 16.1. The fourth-order valence-electron chi connectivity index (χ4n) is 1.94. The van der Waals surface area contributed by atoms with Crippen LogP contribution in [0.4, 0.5) is 14.5 Å². The van der Waals surface area contributed by atoms with Gasteiger partial charge in [-0.15, -0.1) is 0 Å². The monoisotopic (exact) mass is 263 g/mol. The number of aryl methyl sites for hydroxylation is 1. The van der Waals surface area contributed by atoms with Crippen LogP contribution in [-0.2, 0) is 16.4 Å². The molecule has 0 fully saturated rings. The van der Waals surface area contributed by atoms with Crippen LogP contribution in [-0.4, -0.2) is 25.8 Å². The first-order chi connectivity index (χ1) is 7.94. The second-order valence-electron chi connectivity index (χ2n) is 3.77. The van der Waals surface area contributed by atoms with Crippen molar-refractivity contribution < 1.29 is 22.3 Å². The summed E-state index contributed by atoms with van der Waals surface area (Å²) in [5.41, 5.74) is 0.555. The maximum atomic E-state index is 12.5. The number of phenolic OH excluding ortho intramolecular Hbond substituents is 1. The van der Waals surface area contributed by atoms with Crippen molar-refractivity contribution >= 4 is 15.7 Å². The topological polar surface area (TPSA) is 57.6 Å². The van der Waals surface area contributed by atoms with E-state index in [-0.39, 0.29) is 18.0 Å². The number of halogens is 2. The van der Waals surface area contributed by atoms with E-state index in [1.54, 1.807) is 12.1 Å². The van der Waals surface area contributed by atoms with Crippen molar-refractivity contribution in [1.82, 2.24) is 0 Å². The minimum atomic E-state index is -4.70. The third-order valence-corrected chi connectivity index (χ3v) is 4.12. The van der Waals surface area contributed by atoms with Gasteiger partial charge in [0.2, 0.25) is 0 Å². The fourth-order valence-corrected chi connectivity index (χ4v) is 2.98. The van der Waals surface area contributed by atoms with Gasteiger partial charge < -0.3 is 5.11 Å². The lowest BCUT2D eigenvalue weighted by molar-refractivity contribution is 0.234. The highest BCUT2D eigenvalue weighted by molar-refractivity contribution is 7.93. The predicted molar refractivity (Wildman–Crippen MR) is 58.7 cm³/mol. The molecule has 4 nitrogen and oxygen atoms in total. The molecule has 0 unspecified atom stereocenters. The lowest BCUT2D eigenvalue weighted by atomic mass is 10.0. The summed E-state index contributed by atoms with van der Waals surface area (Å²) in [7, 11) is -4.70. The maximum absolute atomic E-state index is 12.5. The second kappa shape index (κ2) is 4.14. The molecule has 0 amide bonds. The van der Waals surface area contributed by atoms with E-state index >= 15 is 0 Å². The molecular formula is C10H11F2NO3S. The van der Waals surface area contributed by atoms with E-state index in [9.17, 15) is 22.3 Å². The third-order valence-electron chi connectivity index (χ3n) is 2.69. The number of hydrogen-bond donors (Lipinski definition) is 1. The number of fused-ring (bicyclic) bond motifs is 1. The summed E-state index contributed by atoms with van der Waals surface area (Å²) in [5, 5.41) is 9.62. The number of benzene rings is 1. The SMILES string of the molecule is O=S(=O)(C(F)F)N1CCCc2cccc(O)c21. The van der Waals surface area contributed by atoms with Crippen molar-refractivity contribution in [3.05, 3.63) is 23.8 Å². The Bertz CT molecular complexity index is 530. The number of rotatable bonds is 2. The van der Waals surface area contributed by atoms with Gasteiger partial charge in [-0.05, 0) is 24.5 Å². The van der Waals surface area contributed by atoms with Gasteiger partial charge in [0.25, 0.3) is 10.0 Å². The molecule has 0 saturated heterocycles. The van der Waals surface area contributed by atoms with Crippen molar-refractivity contribution in [2.45, 2.75) is 18.6 Å². The lowest BCUT2D eigenvalue weighted by Gasteiger charge is -2.30. The van der Waals surface area contributed by atoms with Crippen LogP contribution in [0.5, 0.6) is 5.75 Å². The van der Waals surface area contributed by atoms with Gasteiger partial charge in [-0.3, -0.25) is 4.31 Å². The molecular weight excluding hydrogens is 252 g/mol. The molecule has 1 heterocycles. The van der Waals surface area contributed by atoms with Crippen molar-refractivity contribution in [3.8, 4) is 5.75 Å². The summed E-state index contributed by atoms with van der Waals surface area (Å²) in [6, 6.07) is 4.48. The highest BCUT2D eigenvalue weighted by Crippen LogP contribution is 2.38. The first-order valence-electron chi connectivity index (χ1n) is 5.05. The minimum absolute atomic E-state index is 0.0148. The molecule has 94 valence electrons. The van der Waals surface area contributed by atoms with Gasteiger partial charge in [0, 0.05) is 6.54 Å². The molecule has 1 aromatic carbocycles. The van der Waals surface area contributed by atoms with Crippen LogP contribution < -0.4 is 4.31 Å². The summed E-state index contributed by atoms with van der Waals surface area (Å²) >= 11 is 0. The molecule has 17 heavy (non-hydrogen) atoms. The number of anilines is 1. The Morgan fingerprint density at radius 1 is 1.35 bits per heavy atom. The molecule has 7 heteroatoms. The van der Waals surface area contributed by atoms with Crippen LogP contribution in [0.15, 0.2) is 18.2 Å². The zero-order chi connectivity index (χ0) is 12.6. The summed E-state index contributed by atoms with van der Waals surface area (Å²) in [4.78, 5) is 0. The molecule has 0 saturated carbocycles. The van der Waals surface area contributed by atoms with E-state index in [4.69, 9.17) is 0 Å². The highest BCUT2D eigenvalue weighted by atomic mass is 32.2. The van der Waals surface area contributed by atoms with Crippen LogP contribution >= 0.6 is 0 Å². The molecule has 1 aromatic rings. The predicted octanol–water partition coefficient (Wildman–Crippen LogP) is 1.70. The smallest absolute Gasteiger partial charge is 0.355 e. The maximum Gasteiger partial charge on any atom is 0.355 e. The van der Waals surface area contributed by atoms with Crippen LogP contribution in [0.3, 0.4) is 0 Å². The average molecular weight is 263 g/mol. The van der Waals surface area contributed by atoms with E-state index < -0.39 is 15.8 Å². The zero-order valence-electron chi connectivity index (χ0n) is 8.81. The van der Waals surface area contributed by atoms with Gasteiger partial charge in [0.15, 0.2) is 0 Å². The standard InChI is InChI=1S/C10H11F2NO3S/c11-10(12)17(15,16)13-6-2-4-7-3-1-5-8(14)9(7)13/h1,3,5,10,14H,2,4,6H2. The number of aromatic hydroxyl groups is 1. The average Bonchev–Trinajstić information content (AvgIpc) is 2.28. The summed E-state index contributed by atoms with van der Waals surface area (Å²) in [6.07, 6.45) is 1.03. The van der Waals surface area contributed by atoms with E-state index in [0.717, 1.165) is 0 Å². The van der Waals surface area contributed by atoms with Gasteiger partial charge in [0.05, 0.1) is 5.69 Å². The zero-order valence-corrected chi connectivity index (χ0v) is 9.62. The van der Waals surface area contributed by atoms with E-state index in [1.165, 1.54) is 6.07 Å². The van der Waals surface area contributed by atoms with Crippen molar-refractivity contribution in [2.75, 3.05) is 10.8 Å². The van der Waals surface area contributed by atoms with Crippen molar-refractivity contribution in [2.24, 2.45) is 0 Å². The second-order valence-corrected chi connectivity index (χ2v) is 5.59. The Morgan fingerprint density at radius 2 is 2.06 bits per heavy atom. The summed E-state index contributed by atoms with van der Waals surface area (Å²) in [6.45, 7) is -0.0305. The van der Waals surface area contributed by atoms with Crippen LogP contribution in [0.1, 0.15) is 12.0 Å². The molecule has 1 N–H and O–H groups in total. The molecule has 0 bridgehead atoms. The molecule has 0 spiro atoms. The van der Waals surface area contributed by atoms with E-state index in [1.807, 2.05) is 0 Å². The number of nitrogens with zero attached hydrogens (tertiary/aromatic N) is 1. The molecule has 0 atom stereocenters. The number of para-hydroxylation sites is 1. The number of sulfonamides is 1. The lowest BCUT2D eigenvalue weighted by Crippen LogP contribution is -2.39. The Labute approximate surface area is 97.5 Å². The largest absolute Gasteiger partial charge is 0.506 e. The van der Waals surface area contributed by atoms with Gasteiger partial charge >= 0.3 is 5.76 Å². The molecule has 1 aliphatic heterocycles. The number of alkyl halides is 2. The van der Waals surface area contributed by atoms with Gasteiger partial charge in [-0.2, -0.15) is 8.78 Å². The van der Waals surface area contributed by atoms with Crippen LogP contribution in [0.25, 0.3) is 0 Å². The van der Waals surface area contributed by atoms with Crippen molar-refractivity contribution in [1.29, 1.82) is 0 Å². The van der Waals surface area contributed by atoms with Gasteiger partial charge in [-0.1, -0.05) is 12.1 Å². The Hall–Kier alpha value is -1.37. The van der Waals surface area contributed by atoms with Crippen LogP contribution in [0, 0.1) is 0 Å². The molecule has 0 aromatic heterocycles. The Balaban J connectivity index is 2.56. The number of hydrogen-bond acceptors (Lipinski definition) is 3. The molecule has 1 aliphatic rings. The number of phenols is 1. The van der Waals surface area contributed by atoms with E-state index in [0.29, 0.717) is 22.7 Å². The summed E-state index contributed by atoms with van der Waals surface area (Å²) < 4.78 is 48.6. The quantitative estimate of drug-likeness (QED) is 0.883.